The van der Waals surface area contributed by atoms with Crippen LogP contribution >= 0.6 is 0 Å². The minimum Gasteiger partial charge on any atom is -0.379 e. The summed E-state index contributed by atoms with van der Waals surface area (Å²) in [5.41, 5.74) is 0. The molecule has 1 aliphatic heterocycles. The summed E-state index contributed by atoms with van der Waals surface area (Å²) in [7, 11) is -6.80. The van der Waals surface area contributed by atoms with Crippen LogP contribution in [0.5, 0.6) is 0 Å². The van der Waals surface area contributed by atoms with Gasteiger partial charge in [0.05, 0.1) is 6.10 Å². The minimum atomic E-state index is -4.13. The first-order chi connectivity index (χ1) is 7.83. The Hall–Kier alpha value is -0.220. The average molecular weight is 286 g/mol. The summed E-state index contributed by atoms with van der Waals surface area (Å²) in [5, 5.41) is -1.14. The second kappa shape index (κ2) is 4.47. The summed E-state index contributed by atoms with van der Waals surface area (Å²) in [5.74, 6) is 0. The number of hydrogen-bond acceptors (Lipinski definition) is 7. The smallest absolute Gasteiger partial charge is 0.284 e. The number of fused-ring (bicyclic) bond motifs is 1. The lowest BCUT2D eigenvalue weighted by Gasteiger charge is -2.33. The molecule has 0 aromatic carbocycles. The minimum absolute atomic E-state index is 0.444. The lowest BCUT2D eigenvalue weighted by molar-refractivity contribution is -0.0709. The number of methoxy groups -OCH3 is 1. The van der Waals surface area contributed by atoms with Gasteiger partial charge in [-0.25, -0.2) is 0 Å². The molecule has 0 aromatic heterocycles. The summed E-state index contributed by atoms with van der Waals surface area (Å²) < 4.78 is 60.6. The Morgan fingerprint density at radius 1 is 1.06 bits per heavy atom. The molecule has 7 nitrogen and oxygen atoms in total. The van der Waals surface area contributed by atoms with E-state index in [1.54, 1.807) is 0 Å². The van der Waals surface area contributed by atoms with Crippen molar-refractivity contribution in [1.82, 2.24) is 0 Å². The van der Waals surface area contributed by atoms with Gasteiger partial charge in [-0.1, -0.05) is 0 Å². The van der Waals surface area contributed by atoms with Crippen molar-refractivity contribution in [3.63, 3.8) is 0 Å². The third kappa shape index (κ3) is 2.97. The zero-order chi connectivity index (χ0) is 12.7. The highest BCUT2D eigenvalue weighted by atomic mass is 32.3. The van der Waals surface area contributed by atoms with E-state index in [1.807, 2.05) is 0 Å². The van der Waals surface area contributed by atoms with Crippen LogP contribution in [0.25, 0.3) is 0 Å². The quantitative estimate of drug-likeness (QED) is 0.604. The van der Waals surface area contributed by atoms with E-state index in [1.165, 1.54) is 7.11 Å². The van der Waals surface area contributed by atoms with E-state index < -0.39 is 43.6 Å². The third-order valence-corrected chi connectivity index (χ3v) is 6.19. The van der Waals surface area contributed by atoms with Gasteiger partial charge in [0.25, 0.3) is 20.2 Å². The Labute approximate surface area is 100 Å². The van der Waals surface area contributed by atoms with Crippen molar-refractivity contribution in [2.45, 2.75) is 37.6 Å². The maximum absolute atomic E-state index is 11.5. The van der Waals surface area contributed by atoms with Crippen molar-refractivity contribution in [2.75, 3.05) is 12.2 Å². The van der Waals surface area contributed by atoms with E-state index in [0.29, 0.717) is 19.3 Å². The van der Waals surface area contributed by atoms with E-state index in [9.17, 15) is 16.8 Å². The van der Waals surface area contributed by atoms with E-state index in [0.717, 1.165) is 0 Å². The van der Waals surface area contributed by atoms with Crippen molar-refractivity contribution in [3.05, 3.63) is 0 Å². The van der Waals surface area contributed by atoms with Crippen LogP contribution in [0.1, 0.15) is 19.3 Å². The van der Waals surface area contributed by atoms with Crippen molar-refractivity contribution in [1.29, 1.82) is 0 Å². The van der Waals surface area contributed by atoms with Crippen LogP contribution in [0.2, 0.25) is 0 Å². The Kier molecular flexibility index (Phi) is 3.47. The molecule has 2 fully saturated rings. The lowest BCUT2D eigenvalue weighted by Crippen LogP contribution is -2.45. The van der Waals surface area contributed by atoms with Crippen molar-refractivity contribution in [2.24, 2.45) is 0 Å². The fourth-order valence-electron chi connectivity index (χ4n) is 2.16. The number of rotatable bonds is 1. The molecule has 1 aliphatic carbocycles. The monoisotopic (exact) mass is 286 g/mol. The zero-order valence-electron chi connectivity index (χ0n) is 9.23. The van der Waals surface area contributed by atoms with Gasteiger partial charge in [0, 0.05) is 7.11 Å². The standard InChI is InChI=1S/C8H14O7S2/c1-13-6-3-2-4-7-8(6)15-17(11,12)5-16(9,10)14-7/h6-8H,2-5H2,1H3. The van der Waals surface area contributed by atoms with Crippen LogP contribution in [0.4, 0.5) is 0 Å². The Morgan fingerprint density at radius 2 is 1.71 bits per heavy atom. The van der Waals surface area contributed by atoms with E-state index in [4.69, 9.17) is 13.1 Å². The van der Waals surface area contributed by atoms with Crippen LogP contribution in [-0.4, -0.2) is 47.3 Å². The second-order valence-electron chi connectivity index (χ2n) is 4.13. The molecule has 0 spiro atoms. The molecule has 0 radical (unpaired) electrons. The summed E-state index contributed by atoms with van der Waals surface area (Å²) in [6.07, 6.45) is -0.349. The molecule has 0 bridgehead atoms. The third-order valence-electron chi connectivity index (χ3n) is 2.83. The second-order valence-corrected chi connectivity index (χ2v) is 7.69. The normalized spacial score (nSPS) is 40.2. The highest BCUT2D eigenvalue weighted by molar-refractivity contribution is 8.03. The first-order valence-corrected chi connectivity index (χ1v) is 8.33. The maximum atomic E-state index is 11.5. The number of hydrogen-bond donors (Lipinski definition) is 0. The molecule has 1 saturated heterocycles. The molecule has 9 heteroatoms. The van der Waals surface area contributed by atoms with Gasteiger partial charge >= 0.3 is 0 Å². The summed E-state index contributed by atoms with van der Waals surface area (Å²) in [6.45, 7) is 0. The molecular weight excluding hydrogens is 272 g/mol. The first kappa shape index (κ1) is 13.2. The van der Waals surface area contributed by atoms with Gasteiger partial charge in [-0.15, -0.1) is 0 Å². The fraction of sp³-hybridized carbons (Fsp3) is 1.00. The maximum Gasteiger partial charge on any atom is 0.284 e. The summed E-state index contributed by atoms with van der Waals surface area (Å²) in [4.78, 5) is 0. The molecule has 2 rings (SSSR count). The van der Waals surface area contributed by atoms with E-state index in [-0.39, 0.29) is 0 Å². The van der Waals surface area contributed by atoms with Gasteiger partial charge < -0.3 is 4.74 Å². The van der Waals surface area contributed by atoms with Gasteiger partial charge in [-0.2, -0.15) is 16.8 Å². The SMILES string of the molecule is COC1CCCC2OS(=O)(=O)CS(=O)(=O)OC12. The van der Waals surface area contributed by atoms with Crippen LogP contribution < -0.4 is 0 Å². The molecule has 0 aromatic rings. The summed E-state index contributed by atoms with van der Waals surface area (Å²) >= 11 is 0. The van der Waals surface area contributed by atoms with E-state index in [2.05, 4.69) is 0 Å². The van der Waals surface area contributed by atoms with Crippen LogP contribution in [0, 0.1) is 0 Å². The van der Waals surface area contributed by atoms with Gasteiger partial charge in [0.15, 0.2) is 0 Å². The first-order valence-electron chi connectivity index (χ1n) is 5.18. The molecular formula is C8H14O7S2. The van der Waals surface area contributed by atoms with Gasteiger partial charge in [-0.05, 0) is 19.3 Å². The molecule has 3 atom stereocenters. The van der Waals surface area contributed by atoms with Gasteiger partial charge in [0.2, 0.25) is 5.08 Å². The molecule has 2 aliphatic rings. The van der Waals surface area contributed by atoms with Crippen molar-refractivity contribution < 1.29 is 29.9 Å². The largest absolute Gasteiger partial charge is 0.379 e. The molecule has 1 heterocycles. The molecule has 0 amide bonds. The van der Waals surface area contributed by atoms with Crippen LogP contribution in [-0.2, 0) is 33.3 Å². The van der Waals surface area contributed by atoms with Gasteiger partial charge in [0.1, 0.15) is 12.2 Å². The van der Waals surface area contributed by atoms with Crippen molar-refractivity contribution in [3.8, 4) is 0 Å². The fourth-order valence-corrected chi connectivity index (χ4v) is 5.18. The topological polar surface area (TPSA) is 96.0 Å². The van der Waals surface area contributed by atoms with Crippen molar-refractivity contribution >= 4 is 20.2 Å². The predicted molar refractivity (Wildman–Crippen MR) is 57.1 cm³/mol. The Morgan fingerprint density at radius 3 is 2.35 bits per heavy atom. The highest BCUT2D eigenvalue weighted by Crippen LogP contribution is 2.31. The molecule has 3 unspecified atom stereocenters. The van der Waals surface area contributed by atoms with Crippen LogP contribution in [0.15, 0.2) is 0 Å². The highest BCUT2D eigenvalue weighted by Gasteiger charge is 2.45. The van der Waals surface area contributed by atoms with Gasteiger partial charge in [-0.3, -0.25) is 8.37 Å². The molecule has 17 heavy (non-hydrogen) atoms. The molecule has 100 valence electrons. The number of ether oxygens (including phenoxy) is 1. The molecule has 1 saturated carbocycles. The summed E-state index contributed by atoms with van der Waals surface area (Å²) in [6, 6.07) is 0. The predicted octanol–water partition coefficient (Wildman–Crippen LogP) is -0.414. The Balaban J connectivity index is 2.35. The Bertz CT molecular complexity index is 480. The molecule has 0 N–H and O–H groups in total. The van der Waals surface area contributed by atoms with E-state index >= 15 is 0 Å². The van der Waals surface area contributed by atoms with Crippen LogP contribution in [0.3, 0.4) is 0 Å². The zero-order valence-corrected chi connectivity index (χ0v) is 10.9. The lowest BCUT2D eigenvalue weighted by atomic mass is 9.92. The average Bonchev–Trinajstić information content (AvgIpc) is 2.26.